The quantitative estimate of drug-likeness (QED) is 0.207. The highest BCUT2D eigenvalue weighted by Gasteiger charge is 2.17. The molecule has 0 spiro atoms. The van der Waals surface area contributed by atoms with Crippen molar-refractivity contribution >= 4 is 51.2 Å². The number of nitrogens with one attached hydrogen (secondary N) is 2. The van der Waals surface area contributed by atoms with E-state index in [1.165, 1.54) is 45.7 Å². The molecule has 0 atom stereocenters. The summed E-state index contributed by atoms with van der Waals surface area (Å²) in [5.41, 5.74) is 3.12. The number of amides is 2. The fourth-order valence-electron chi connectivity index (χ4n) is 3.08. The van der Waals surface area contributed by atoms with Gasteiger partial charge in [-0.25, -0.2) is 9.82 Å². The summed E-state index contributed by atoms with van der Waals surface area (Å²) in [4.78, 5) is 24.5. The lowest BCUT2D eigenvalue weighted by Crippen LogP contribution is -2.32. The summed E-state index contributed by atoms with van der Waals surface area (Å²) in [6.07, 6.45) is 1.31. The zero-order chi connectivity index (χ0) is 26.9. The average molecular weight is 595 g/mol. The van der Waals surface area contributed by atoms with Gasteiger partial charge in [0.05, 0.1) is 42.7 Å². The molecule has 3 aromatic carbocycles. The number of nitrogens with zero attached hydrogens (tertiary/aromatic N) is 1. The Labute approximate surface area is 225 Å². The zero-order valence-electron chi connectivity index (χ0n) is 19.9. The van der Waals surface area contributed by atoms with Gasteiger partial charge in [0, 0.05) is 11.6 Å². The number of hydrogen-bond donors (Lipinski definition) is 2. The zero-order valence-corrected chi connectivity index (χ0v) is 22.3. The van der Waals surface area contributed by atoms with Crippen molar-refractivity contribution in [2.45, 2.75) is 6.61 Å². The maximum atomic E-state index is 14.1. The van der Waals surface area contributed by atoms with Crippen LogP contribution in [0.4, 0.5) is 10.1 Å². The van der Waals surface area contributed by atoms with Crippen molar-refractivity contribution in [2.24, 2.45) is 5.10 Å². The first-order valence-corrected chi connectivity index (χ1v) is 11.7. The second kappa shape index (κ2) is 12.9. The topological polar surface area (TPSA) is 107 Å². The minimum atomic E-state index is -1.01. The van der Waals surface area contributed by atoms with E-state index < -0.39 is 17.6 Å². The number of benzene rings is 3. The molecule has 194 valence electrons. The Kier molecular flexibility index (Phi) is 9.70. The summed E-state index contributed by atoms with van der Waals surface area (Å²) in [6.45, 7) is -0.128. The third-order valence-corrected chi connectivity index (χ3v) is 5.86. The van der Waals surface area contributed by atoms with Crippen LogP contribution in [0.5, 0.6) is 23.0 Å². The standard InChI is InChI=1S/C25H22BrClFN3O6/c1-34-15-7-8-21(35-2)20(11-15)30-24(32)25(33)31-29-12-14-9-17(26)23(22(10-14)36-3)37-13-16-18(27)5-4-6-19(16)28/h4-12H,13H2,1-3H3,(H,30,32)(H,31,33)/b29-12+. The van der Waals surface area contributed by atoms with E-state index in [2.05, 4.69) is 31.8 Å². The first-order chi connectivity index (χ1) is 17.8. The molecule has 0 aromatic heterocycles. The number of carbonyl (C=O) groups excluding carboxylic acids is 2. The van der Waals surface area contributed by atoms with Crippen LogP contribution in [0, 0.1) is 5.82 Å². The Hall–Kier alpha value is -3.83. The second-order valence-corrected chi connectivity index (χ2v) is 8.50. The molecule has 0 aliphatic rings. The molecule has 12 heteroatoms. The monoisotopic (exact) mass is 593 g/mol. The second-order valence-electron chi connectivity index (χ2n) is 7.24. The highest BCUT2D eigenvalue weighted by atomic mass is 79.9. The maximum absolute atomic E-state index is 14.1. The molecule has 0 heterocycles. The van der Waals surface area contributed by atoms with E-state index in [9.17, 15) is 14.0 Å². The molecule has 3 rings (SSSR count). The first-order valence-electron chi connectivity index (χ1n) is 10.6. The molecule has 3 aromatic rings. The molecular weight excluding hydrogens is 573 g/mol. The number of carbonyl (C=O) groups is 2. The van der Waals surface area contributed by atoms with Crippen molar-refractivity contribution in [3.8, 4) is 23.0 Å². The van der Waals surface area contributed by atoms with Gasteiger partial charge in [0.2, 0.25) is 0 Å². The summed E-state index contributed by atoms with van der Waals surface area (Å²) in [6, 6.07) is 12.3. The Morgan fingerprint density at radius 3 is 2.46 bits per heavy atom. The van der Waals surface area contributed by atoms with E-state index >= 15 is 0 Å². The molecule has 0 radical (unpaired) electrons. The minimum absolute atomic E-state index is 0.128. The van der Waals surface area contributed by atoms with E-state index in [4.69, 9.17) is 30.5 Å². The summed E-state index contributed by atoms with van der Waals surface area (Å²) >= 11 is 9.45. The number of methoxy groups -OCH3 is 3. The van der Waals surface area contributed by atoms with Crippen LogP contribution < -0.4 is 29.7 Å². The number of halogens is 3. The van der Waals surface area contributed by atoms with Crippen molar-refractivity contribution in [1.29, 1.82) is 0 Å². The number of ether oxygens (including phenoxy) is 4. The molecule has 0 aliphatic heterocycles. The van der Waals surface area contributed by atoms with Gasteiger partial charge in [-0.15, -0.1) is 0 Å². The van der Waals surface area contributed by atoms with Gasteiger partial charge >= 0.3 is 11.8 Å². The van der Waals surface area contributed by atoms with Gasteiger partial charge in [-0.2, -0.15) is 5.10 Å². The van der Waals surface area contributed by atoms with Crippen LogP contribution in [0.25, 0.3) is 0 Å². The van der Waals surface area contributed by atoms with Crippen molar-refractivity contribution in [2.75, 3.05) is 26.6 Å². The molecule has 0 aliphatic carbocycles. The molecule has 0 saturated heterocycles. The largest absolute Gasteiger partial charge is 0.497 e. The number of rotatable bonds is 9. The molecule has 0 saturated carbocycles. The molecular formula is C25H22BrClFN3O6. The Bertz CT molecular complexity index is 1320. The van der Waals surface area contributed by atoms with Crippen LogP contribution in [0.2, 0.25) is 5.02 Å². The first kappa shape index (κ1) is 27.8. The van der Waals surface area contributed by atoms with E-state index in [-0.39, 0.29) is 22.9 Å². The summed E-state index contributed by atoms with van der Waals surface area (Å²) in [7, 11) is 4.34. The summed E-state index contributed by atoms with van der Waals surface area (Å²) in [5.74, 6) is -1.00. The minimum Gasteiger partial charge on any atom is -0.497 e. The third-order valence-electron chi connectivity index (χ3n) is 4.92. The lowest BCUT2D eigenvalue weighted by atomic mass is 10.2. The van der Waals surface area contributed by atoms with Crippen LogP contribution in [0.15, 0.2) is 58.1 Å². The maximum Gasteiger partial charge on any atom is 0.329 e. The van der Waals surface area contributed by atoms with Gasteiger partial charge in [-0.1, -0.05) is 17.7 Å². The molecule has 0 fully saturated rings. The van der Waals surface area contributed by atoms with Gasteiger partial charge < -0.3 is 24.3 Å². The van der Waals surface area contributed by atoms with Gasteiger partial charge in [0.15, 0.2) is 11.5 Å². The van der Waals surface area contributed by atoms with Crippen LogP contribution in [-0.4, -0.2) is 39.4 Å². The predicted octanol–water partition coefficient (Wildman–Crippen LogP) is 4.94. The normalized spacial score (nSPS) is 10.6. The third kappa shape index (κ3) is 7.11. The van der Waals surface area contributed by atoms with Crippen LogP contribution in [-0.2, 0) is 16.2 Å². The Balaban J connectivity index is 1.66. The molecule has 0 unspecified atom stereocenters. The molecule has 9 nitrogen and oxygen atoms in total. The van der Waals surface area contributed by atoms with Gasteiger partial charge in [0.1, 0.15) is 23.9 Å². The van der Waals surface area contributed by atoms with E-state index in [0.29, 0.717) is 33.0 Å². The highest BCUT2D eigenvalue weighted by molar-refractivity contribution is 9.10. The number of hydrogen-bond acceptors (Lipinski definition) is 7. The van der Waals surface area contributed by atoms with Crippen molar-refractivity contribution in [3.05, 3.63) is 75.0 Å². The van der Waals surface area contributed by atoms with E-state index in [1.807, 2.05) is 0 Å². The molecule has 0 bridgehead atoms. The molecule has 2 amide bonds. The van der Waals surface area contributed by atoms with Gasteiger partial charge in [-0.05, 0) is 57.9 Å². The fraction of sp³-hybridized carbons (Fsp3) is 0.160. The lowest BCUT2D eigenvalue weighted by molar-refractivity contribution is -0.136. The molecule has 37 heavy (non-hydrogen) atoms. The average Bonchev–Trinajstić information content (AvgIpc) is 2.88. The van der Waals surface area contributed by atoms with Crippen molar-refractivity contribution in [1.82, 2.24) is 5.43 Å². The van der Waals surface area contributed by atoms with Gasteiger partial charge in [-0.3, -0.25) is 9.59 Å². The Morgan fingerprint density at radius 1 is 1.03 bits per heavy atom. The van der Waals surface area contributed by atoms with Crippen molar-refractivity contribution in [3.63, 3.8) is 0 Å². The fourth-order valence-corrected chi connectivity index (χ4v) is 3.87. The van der Waals surface area contributed by atoms with E-state index in [1.54, 1.807) is 30.3 Å². The SMILES string of the molecule is COc1ccc(OC)c(NC(=O)C(=O)N/N=C/c2cc(Br)c(OCc3c(F)cccc3Cl)c(OC)c2)c1. The van der Waals surface area contributed by atoms with E-state index in [0.717, 1.165) is 0 Å². The summed E-state index contributed by atoms with van der Waals surface area (Å²) < 4.78 is 36.0. The van der Waals surface area contributed by atoms with Crippen LogP contribution in [0.1, 0.15) is 11.1 Å². The Morgan fingerprint density at radius 2 is 1.78 bits per heavy atom. The lowest BCUT2D eigenvalue weighted by Gasteiger charge is -2.14. The smallest absolute Gasteiger partial charge is 0.329 e. The predicted molar refractivity (Wildman–Crippen MR) is 140 cm³/mol. The van der Waals surface area contributed by atoms with Gasteiger partial charge in [0.25, 0.3) is 0 Å². The molecule has 2 N–H and O–H groups in total. The highest BCUT2D eigenvalue weighted by Crippen LogP contribution is 2.37. The van der Waals surface area contributed by atoms with Crippen molar-refractivity contribution < 1.29 is 32.9 Å². The summed E-state index contributed by atoms with van der Waals surface area (Å²) in [5, 5.41) is 6.50. The van der Waals surface area contributed by atoms with Crippen LogP contribution >= 0.6 is 27.5 Å². The number of anilines is 1. The van der Waals surface area contributed by atoms with Crippen LogP contribution in [0.3, 0.4) is 0 Å². The number of hydrazone groups is 1.